The Hall–Kier alpha value is -4.10. The van der Waals surface area contributed by atoms with Gasteiger partial charge in [-0.25, -0.2) is 4.39 Å². The van der Waals surface area contributed by atoms with Gasteiger partial charge in [0.25, 0.3) is 11.1 Å². The fourth-order valence-electron chi connectivity index (χ4n) is 4.03. The average molecular weight is 500 g/mol. The van der Waals surface area contributed by atoms with Gasteiger partial charge in [0.2, 0.25) is 0 Å². The number of rotatable bonds is 7. The third-order valence-electron chi connectivity index (χ3n) is 5.88. The van der Waals surface area contributed by atoms with Crippen LogP contribution in [0.25, 0.3) is 16.8 Å². The van der Waals surface area contributed by atoms with Gasteiger partial charge in [-0.2, -0.15) is 0 Å². The van der Waals surface area contributed by atoms with E-state index in [0.29, 0.717) is 22.0 Å². The van der Waals surface area contributed by atoms with Crippen molar-refractivity contribution in [2.24, 2.45) is 0 Å². The molecule has 0 N–H and O–H groups in total. The summed E-state index contributed by atoms with van der Waals surface area (Å²) in [4.78, 5) is 27.5. The lowest BCUT2D eigenvalue weighted by Gasteiger charge is -2.14. The van der Waals surface area contributed by atoms with Crippen LogP contribution in [0, 0.1) is 5.82 Å². The Morgan fingerprint density at radius 2 is 1.69 bits per heavy atom. The number of imide groups is 1. The summed E-state index contributed by atoms with van der Waals surface area (Å²) in [6.45, 7) is 0.430. The van der Waals surface area contributed by atoms with Gasteiger partial charge in [-0.1, -0.05) is 60.7 Å². The van der Waals surface area contributed by atoms with Crippen molar-refractivity contribution in [2.45, 2.75) is 13.2 Å². The number of methoxy groups -OCH3 is 1. The lowest BCUT2D eigenvalue weighted by atomic mass is 10.0. The molecule has 4 aromatic carbocycles. The predicted octanol–water partition coefficient (Wildman–Crippen LogP) is 6.80. The first-order valence-corrected chi connectivity index (χ1v) is 12.1. The molecule has 180 valence electrons. The first-order valence-electron chi connectivity index (χ1n) is 11.3. The minimum atomic E-state index is -0.331. The number of nitrogens with zero attached hydrogens (tertiary/aromatic N) is 1. The van der Waals surface area contributed by atoms with Gasteiger partial charge < -0.3 is 9.47 Å². The van der Waals surface area contributed by atoms with Crippen LogP contribution in [-0.4, -0.2) is 23.2 Å². The van der Waals surface area contributed by atoms with Gasteiger partial charge in [-0.3, -0.25) is 14.5 Å². The molecule has 4 aromatic rings. The van der Waals surface area contributed by atoms with E-state index < -0.39 is 0 Å². The molecule has 36 heavy (non-hydrogen) atoms. The summed E-state index contributed by atoms with van der Waals surface area (Å²) >= 11 is 0.920. The Kier molecular flexibility index (Phi) is 6.73. The highest BCUT2D eigenvalue weighted by molar-refractivity contribution is 8.18. The van der Waals surface area contributed by atoms with Crippen LogP contribution in [0.4, 0.5) is 9.18 Å². The number of carbonyl (C=O) groups excluding carboxylic acids is 2. The third-order valence-corrected chi connectivity index (χ3v) is 6.78. The molecule has 5 nitrogen and oxygen atoms in total. The highest BCUT2D eigenvalue weighted by atomic mass is 32.2. The van der Waals surface area contributed by atoms with Gasteiger partial charge >= 0.3 is 0 Å². The SMILES string of the molecule is COc1ccc(/C=C2\SC(=O)N(Cc3cccc4ccccc34)C2=O)cc1OCc1ccc(F)cc1. The molecule has 1 saturated heterocycles. The van der Waals surface area contributed by atoms with Crippen LogP contribution in [0.1, 0.15) is 16.7 Å². The second-order valence-corrected chi connectivity index (χ2v) is 9.22. The molecule has 1 heterocycles. The number of carbonyl (C=O) groups is 2. The van der Waals surface area contributed by atoms with Crippen molar-refractivity contribution in [3.05, 3.63) is 112 Å². The third kappa shape index (κ3) is 4.97. The molecule has 2 amide bonds. The first-order chi connectivity index (χ1) is 17.5. The molecule has 7 heteroatoms. The molecular weight excluding hydrogens is 477 g/mol. The predicted molar refractivity (Wildman–Crippen MR) is 139 cm³/mol. The maximum Gasteiger partial charge on any atom is 0.293 e. The van der Waals surface area contributed by atoms with Crippen molar-refractivity contribution in [2.75, 3.05) is 7.11 Å². The second kappa shape index (κ2) is 10.3. The van der Waals surface area contributed by atoms with E-state index in [1.807, 2.05) is 42.5 Å². The molecule has 0 saturated carbocycles. The van der Waals surface area contributed by atoms with Crippen LogP contribution in [-0.2, 0) is 17.9 Å². The normalized spacial score (nSPS) is 14.6. The molecule has 1 aliphatic rings. The van der Waals surface area contributed by atoms with Crippen LogP contribution in [0.15, 0.2) is 89.8 Å². The van der Waals surface area contributed by atoms with Crippen molar-refractivity contribution < 1.29 is 23.5 Å². The number of fused-ring (bicyclic) bond motifs is 1. The highest BCUT2D eigenvalue weighted by Gasteiger charge is 2.35. The van der Waals surface area contributed by atoms with Crippen molar-refractivity contribution in [3.8, 4) is 11.5 Å². The van der Waals surface area contributed by atoms with Crippen LogP contribution in [0.5, 0.6) is 11.5 Å². The van der Waals surface area contributed by atoms with Gasteiger partial charge in [0.05, 0.1) is 18.6 Å². The van der Waals surface area contributed by atoms with Crippen LogP contribution < -0.4 is 9.47 Å². The molecule has 0 radical (unpaired) electrons. The number of amides is 2. The maximum atomic E-state index is 13.2. The summed E-state index contributed by atoms with van der Waals surface area (Å²) < 4.78 is 24.5. The van der Waals surface area contributed by atoms with Crippen LogP contribution >= 0.6 is 11.8 Å². The summed E-state index contributed by atoms with van der Waals surface area (Å²) in [5.74, 6) is 0.360. The van der Waals surface area contributed by atoms with Crippen LogP contribution in [0.2, 0.25) is 0 Å². The zero-order valence-electron chi connectivity index (χ0n) is 19.4. The number of benzene rings is 4. The van der Waals surface area contributed by atoms with Crippen molar-refractivity contribution in [3.63, 3.8) is 0 Å². The fraction of sp³-hybridized carbons (Fsp3) is 0.103. The van der Waals surface area contributed by atoms with Crippen molar-refractivity contribution in [1.29, 1.82) is 0 Å². The largest absolute Gasteiger partial charge is 0.493 e. The summed E-state index contributed by atoms with van der Waals surface area (Å²) in [6, 6.07) is 25.1. The standard InChI is InChI=1S/C29H22FNO4S/c1-34-25-14-11-20(15-26(25)35-18-19-9-12-23(30)13-10-19)16-27-28(32)31(29(33)36-27)17-22-7-4-6-21-5-2-3-8-24(21)22/h2-16H,17-18H2,1H3/b27-16-. The van der Waals surface area contributed by atoms with Crippen molar-refractivity contribution in [1.82, 2.24) is 4.90 Å². The number of thioether (sulfide) groups is 1. The summed E-state index contributed by atoms with van der Waals surface area (Å²) in [7, 11) is 1.54. The topological polar surface area (TPSA) is 55.8 Å². The Labute approximate surface area is 212 Å². The molecule has 0 bridgehead atoms. The highest BCUT2D eigenvalue weighted by Crippen LogP contribution is 2.36. The lowest BCUT2D eigenvalue weighted by molar-refractivity contribution is -0.123. The molecule has 0 aliphatic carbocycles. The summed E-state index contributed by atoms with van der Waals surface area (Å²) in [5.41, 5.74) is 2.41. The first kappa shape index (κ1) is 23.6. The molecule has 1 fully saturated rings. The van der Waals surface area contributed by atoms with Crippen molar-refractivity contribution >= 4 is 39.8 Å². The lowest BCUT2D eigenvalue weighted by Crippen LogP contribution is -2.27. The molecular formula is C29H22FNO4S. The van der Waals surface area contributed by atoms with E-state index in [1.165, 1.54) is 17.0 Å². The minimum Gasteiger partial charge on any atom is -0.493 e. The maximum absolute atomic E-state index is 13.2. The number of hydrogen-bond donors (Lipinski definition) is 0. The smallest absolute Gasteiger partial charge is 0.293 e. The van der Waals surface area contributed by atoms with E-state index in [1.54, 1.807) is 43.5 Å². The minimum absolute atomic E-state index is 0.206. The zero-order chi connectivity index (χ0) is 25.1. The van der Waals surface area contributed by atoms with Gasteiger partial charge in [0.1, 0.15) is 12.4 Å². The van der Waals surface area contributed by atoms with Crippen LogP contribution in [0.3, 0.4) is 0 Å². The van der Waals surface area contributed by atoms with E-state index in [4.69, 9.17) is 9.47 Å². The fourth-order valence-corrected chi connectivity index (χ4v) is 4.86. The average Bonchev–Trinajstić information content (AvgIpc) is 3.16. The van der Waals surface area contributed by atoms with Gasteiger partial charge in [-0.15, -0.1) is 0 Å². The van der Waals surface area contributed by atoms with E-state index in [0.717, 1.165) is 33.7 Å². The number of hydrogen-bond acceptors (Lipinski definition) is 5. The molecule has 0 aromatic heterocycles. The summed E-state index contributed by atoms with van der Waals surface area (Å²) in [6.07, 6.45) is 1.68. The number of ether oxygens (including phenoxy) is 2. The van der Waals surface area contributed by atoms with Gasteiger partial charge in [-0.05, 0) is 69.6 Å². The van der Waals surface area contributed by atoms with E-state index >= 15 is 0 Å². The Bertz CT molecular complexity index is 1480. The monoisotopic (exact) mass is 499 g/mol. The molecule has 0 spiro atoms. The molecule has 5 rings (SSSR count). The summed E-state index contributed by atoms with van der Waals surface area (Å²) in [5, 5.41) is 1.77. The Balaban J connectivity index is 1.36. The Morgan fingerprint density at radius 3 is 2.50 bits per heavy atom. The Morgan fingerprint density at radius 1 is 0.917 bits per heavy atom. The molecule has 1 aliphatic heterocycles. The van der Waals surface area contributed by atoms with Gasteiger partial charge in [0, 0.05) is 0 Å². The number of halogens is 1. The van der Waals surface area contributed by atoms with Gasteiger partial charge in [0.15, 0.2) is 11.5 Å². The second-order valence-electron chi connectivity index (χ2n) is 8.23. The molecule has 0 atom stereocenters. The quantitative estimate of drug-likeness (QED) is 0.262. The van der Waals surface area contributed by atoms with E-state index in [-0.39, 0.29) is 30.1 Å². The van der Waals surface area contributed by atoms with E-state index in [2.05, 4.69) is 0 Å². The zero-order valence-corrected chi connectivity index (χ0v) is 20.3. The molecule has 0 unspecified atom stereocenters. The van der Waals surface area contributed by atoms with E-state index in [9.17, 15) is 14.0 Å².